The van der Waals surface area contributed by atoms with Gasteiger partial charge in [-0.15, -0.1) is 10.2 Å². The number of likely N-dealkylation sites (tertiary alicyclic amines) is 1. The number of aliphatic hydroxyl groups is 1. The maximum Gasteiger partial charge on any atom is 0.228 e. The van der Waals surface area contributed by atoms with Gasteiger partial charge < -0.3 is 14.9 Å². The van der Waals surface area contributed by atoms with Crippen molar-refractivity contribution in [3.63, 3.8) is 0 Å². The molecule has 2 aliphatic heterocycles. The molecule has 0 spiro atoms. The van der Waals surface area contributed by atoms with Crippen molar-refractivity contribution in [2.24, 2.45) is 17.8 Å². The molecule has 5 rings (SSSR count). The molecule has 0 bridgehead atoms. The van der Waals surface area contributed by atoms with Crippen LogP contribution >= 0.6 is 11.6 Å². The lowest BCUT2D eigenvalue weighted by molar-refractivity contribution is -0.152. The minimum Gasteiger partial charge on any atom is -0.384 e. The van der Waals surface area contributed by atoms with E-state index in [1.807, 2.05) is 35.8 Å². The summed E-state index contributed by atoms with van der Waals surface area (Å²) in [7, 11) is 0. The van der Waals surface area contributed by atoms with Gasteiger partial charge in [-0.25, -0.2) is 4.39 Å². The number of benzene rings is 1. The van der Waals surface area contributed by atoms with Crippen molar-refractivity contribution in [1.82, 2.24) is 20.1 Å². The molecule has 4 heterocycles. The second-order valence-electron chi connectivity index (χ2n) is 10.3. The zero-order chi connectivity index (χ0) is 27.0. The summed E-state index contributed by atoms with van der Waals surface area (Å²) in [4.78, 5) is 22.4. The topological polar surface area (TPSA) is 106 Å². The average Bonchev–Trinajstić information content (AvgIpc) is 3.37. The van der Waals surface area contributed by atoms with E-state index in [0.717, 1.165) is 5.69 Å². The summed E-state index contributed by atoms with van der Waals surface area (Å²) in [6.45, 7) is 5.49. The van der Waals surface area contributed by atoms with Gasteiger partial charge in [0.2, 0.25) is 5.91 Å². The van der Waals surface area contributed by atoms with Crippen LogP contribution in [0.1, 0.15) is 36.7 Å². The highest BCUT2D eigenvalue weighted by Crippen LogP contribution is 2.43. The lowest BCUT2D eigenvalue weighted by Gasteiger charge is -2.48. The van der Waals surface area contributed by atoms with E-state index >= 15 is 0 Å². The number of carbonyl (C=O) groups is 1. The van der Waals surface area contributed by atoms with Crippen LogP contribution < -0.4 is 4.90 Å². The molecule has 2 aromatic heterocycles. The molecule has 10 heteroatoms. The van der Waals surface area contributed by atoms with E-state index in [1.165, 1.54) is 12.1 Å². The number of piperidine rings is 1. The summed E-state index contributed by atoms with van der Waals surface area (Å²) in [6, 6.07) is 14.9. The Morgan fingerprint density at radius 1 is 1.05 bits per heavy atom. The summed E-state index contributed by atoms with van der Waals surface area (Å²) in [5.41, 5.74) is 0.460. The van der Waals surface area contributed by atoms with Crippen molar-refractivity contribution in [1.29, 1.82) is 5.26 Å². The zero-order valence-electron chi connectivity index (χ0n) is 21.1. The Hall–Kier alpha value is -3.61. The van der Waals surface area contributed by atoms with Gasteiger partial charge in [-0.3, -0.25) is 9.78 Å². The second-order valence-corrected chi connectivity index (χ2v) is 10.7. The Kier molecular flexibility index (Phi) is 7.03. The average molecular weight is 535 g/mol. The lowest BCUT2D eigenvalue weighted by Crippen LogP contribution is -2.57. The summed E-state index contributed by atoms with van der Waals surface area (Å²) < 4.78 is 13.5. The van der Waals surface area contributed by atoms with Crippen molar-refractivity contribution in [2.75, 3.05) is 31.1 Å². The van der Waals surface area contributed by atoms with Crippen LogP contribution in [-0.4, -0.2) is 57.3 Å². The minimum absolute atomic E-state index is 0.0179. The third-order valence-corrected chi connectivity index (χ3v) is 8.19. The molecule has 1 amide bonds. The van der Waals surface area contributed by atoms with Gasteiger partial charge in [-0.05, 0) is 42.0 Å². The van der Waals surface area contributed by atoms with Crippen LogP contribution in [0.3, 0.4) is 0 Å². The number of amides is 1. The predicted octanol–water partition coefficient (Wildman–Crippen LogP) is 3.76. The van der Waals surface area contributed by atoms with E-state index in [0.29, 0.717) is 42.6 Å². The third-order valence-electron chi connectivity index (χ3n) is 7.97. The monoisotopic (exact) mass is 534 g/mol. The fraction of sp³-hybridized carbons (Fsp3) is 0.393. The van der Waals surface area contributed by atoms with E-state index in [1.54, 1.807) is 36.5 Å². The first-order valence-electron chi connectivity index (χ1n) is 12.6. The third kappa shape index (κ3) is 4.70. The highest BCUT2D eigenvalue weighted by atomic mass is 35.5. The first-order chi connectivity index (χ1) is 18.2. The molecule has 1 aromatic carbocycles. The predicted molar refractivity (Wildman–Crippen MR) is 140 cm³/mol. The first-order valence-corrected chi connectivity index (χ1v) is 13.0. The summed E-state index contributed by atoms with van der Waals surface area (Å²) in [5, 5.41) is 29.4. The molecule has 2 fully saturated rings. The summed E-state index contributed by atoms with van der Waals surface area (Å²) in [5.74, 6) is -0.938. The van der Waals surface area contributed by atoms with Crippen molar-refractivity contribution in [2.45, 2.75) is 25.4 Å². The molecule has 196 valence electrons. The van der Waals surface area contributed by atoms with Gasteiger partial charge in [0, 0.05) is 55.8 Å². The second kappa shape index (κ2) is 10.3. The highest BCUT2D eigenvalue weighted by molar-refractivity contribution is 6.30. The molecule has 2 aliphatic rings. The number of nitrogens with zero attached hydrogens (tertiary/aromatic N) is 6. The lowest BCUT2D eigenvalue weighted by atomic mass is 9.70. The van der Waals surface area contributed by atoms with Crippen LogP contribution in [0, 0.1) is 34.9 Å². The van der Waals surface area contributed by atoms with E-state index in [-0.39, 0.29) is 35.2 Å². The number of pyridine rings is 1. The van der Waals surface area contributed by atoms with Crippen LogP contribution in [0.2, 0.25) is 5.02 Å². The quantitative estimate of drug-likeness (QED) is 0.543. The Morgan fingerprint density at radius 3 is 2.34 bits per heavy atom. The van der Waals surface area contributed by atoms with Crippen molar-refractivity contribution < 1.29 is 14.3 Å². The number of hydrogen-bond donors (Lipinski definition) is 1. The molecule has 38 heavy (non-hydrogen) atoms. The Labute approximate surface area is 225 Å². The van der Waals surface area contributed by atoms with Crippen LogP contribution in [0.5, 0.6) is 0 Å². The molecule has 4 atom stereocenters. The largest absolute Gasteiger partial charge is 0.384 e. The molecule has 1 N–H and O–H groups in total. The molecule has 0 radical (unpaired) electrons. The number of anilines is 1. The van der Waals surface area contributed by atoms with Crippen molar-refractivity contribution in [3.8, 4) is 6.07 Å². The van der Waals surface area contributed by atoms with Crippen molar-refractivity contribution >= 4 is 23.3 Å². The Morgan fingerprint density at radius 2 is 1.76 bits per heavy atom. The van der Waals surface area contributed by atoms with E-state index in [9.17, 15) is 14.3 Å². The molecular weight excluding hydrogens is 507 g/mol. The van der Waals surface area contributed by atoms with Crippen LogP contribution in [0.15, 0.2) is 54.7 Å². The normalized spacial score (nSPS) is 27.3. The van der Waals surface area contributed by atoms with Crippen LogP contribution in [-0.2, 0) is 10.4 Å². The standard InChI is InChI=1S/C28H28ClFN6O2/c1-17-13-36(14-18(2)28(17,38)19-3-6-21(30)7-4-19)27(37)24-16-35(26-10-8-22(11-31)33-34-26)15-23(24)25-9-5-20(29)12-32-25/h3-10,12,17-18,23-24,38H,13-16H2,1-2H3. The number of halogens is 2. The molecule has 0 aliphatic carbocycles. The fourth-order valence-corrected chi connectivity index (χ4v) is 6.01. The smallest absolute Gasteiger partial charge is 0.228 e. The van der Waals surface area contributed by atoms with Gasteiger partial charge in [-0.1, -0.05) is 37.6 Å². The maximum absolute atomic E-state index is 14.0. The number of carbonyl (C=O) groups excluding carboxylic acids is 1. The maximum atomic E-state index is 14.0. The molecular formula is C28H28ClFN6O2. The van der Waals surface area contributed by atoms with E-state index in [2.05, 4.69) is 15.2 Å². The number of hydrogen-bond acceptors (Lipinski definition) is 7. The van der Waals surface area contributed by atoms with Gasteiger partial charge in [-0.2, -0.15) is 5.26 Å². The molecule has 4 unspecified atom stereocenters. The SMILES string of the molecule is CC1CN(C(=O)C2CN(c3ccc(C#N)nn3)CC2c2ccc(Cl)cn2)CC(C)C1(O)c1ccc(F)cc1. The molecule has 8 nitrogen and oxygen atoms in total. The van der Waals surface area contributed by atoms with Gasteiger partial charge >= 0.3 is 0 Å². The number of rotatable bonds is 4. The zero-order valence-corrected chi connectivity index (χ0v) is 21.9. The van der Waals surface area contributed by atoms with E-state index in [4.69, 9.17) is 16.9 Å². The van der Waals surface area contributed by atoms with E-state index < -0.39 is 11.5 Å². The van der Waals surface area contributed by atoms with Gasteiger partial charge in [0.05, 0.1) is 16.5 Å². The fourth-order valence-electron chi connectivity index (χ4n) is 5.90. The van der Waals surface area contributed by atoms with Crippen LogP contribution in [0.25, 0.3) is 0 Å². The number of aromatic nitrogens is 3. The molecule has 2 saturated heterocycles. The summed E-state index contributed by atoms with van der Waals surface area (Å²) in [6.07, 6.45) is 1.58. The minimum atomic E-state index is -1.18. The molecule has 3 aromatic rings. The molecule has 0 saturated carbocycles. The summed E-state index contributed by atoms with van der Waals surface area (Å²) >= 11 is 6.07. The Balaban J connectivity index is 1.40. The van der Waals surface area contributed by atoms with Gasteiger partial charge in [0.1, 0.15) is 11.9 Å². The highest BCUT2D eigenvalue weighted by Gasteiger charge is 2.49. The first kappa shape index (κ1) is 26.0. The van der Waals surface area contributed by atoms with Crippen LogP contribution in [0.4, 0.5) is 10.2 Å². The Bertz CT molecular complexity index is 1330. The van der Waals surface area contributed by atoms with Gasteiger partial charge in [0.15, 0.2) is 11.5 Å². The van der Waals surface area contributed by atoms with Gasteiger partial charge in [0.25, 0.3) is 0 Å². The van der Waals surface area contributed by atoms with Crippen molar-refractivity contribution in [3.05, 3.63) is 82.5 Å². The number of nitriles is 1.